The van der Waals surface area contributed by atoms with Crippen molar-refractivity contribution in [2.24, 2.45) is 10.2 Å². The Morgan fingerprint density at radius 3 is 2.07 bits per heavy atom. The predicted molar refractivity (Wildman–Crippen MR) is 55.5 cm³/mol. The Bertz CT molecular complexity index is 231. The average Bonchev–Trinajstić information content (AvgIpc) is 2.13. The Kier molecular flexibility index (Phi) is 6.37. The molecule has 0 aromatic heterocycles. The van der Waals surface area contributed by atoms with Crippen LogP contribution < -0.4 is 0 Å². The van der Waals surface area contributed by atoms with Crippen molar-refractivity contribution in [1.82, 2.24) is 0 Å². The fourth-order valence-electron chi connectivity index (χ4n) is 1.20. The first kappa shape index (κ1) is 12.6. The molecule has 0 spiro atoms. The first-order valence-corrected chi connectivity index (χ1v) is 4.81. The van der Waals surface area contributed by atoms with Crippen molar-refractivity contribution in [1.29, 1.82) is 0 Å². The van der Waals surface area contributed by atoms with Gasteiger partial charge in [0.25, 0.3) is 0 Å². The van der Waals surface area contributed by atoms with E-state index in [-0.39, 0.29) is 0 Å². The third-order valence-corrected chi connectivity index (χ3v) is 2.02. The minimum Gasteiger partial charge on any atom is -0.0815 e. The van der Waals surface area contributed by atoms with Crippen molar-refractivity contribution in [2.75, 3.05) is 0 Å². The summed E-state index contributed by atoms with van der Waals surface area (Å²) in [7, 11) is 0. The van der Waals surface area contributed by atoms with Crippen LogP contribution in [0.25, 0.3) is 20.9 Å². The molecule has 0 N–H and O–H groups in total. The number of hydrogen-bond donors (Lipinski definition) is 0. The molecule has 0 aromatic carbocycles. The Morgan fingerprint density at radius 1 is 1.07 bits per heavy atom. The zero-order valence-corrected chi connectivity index (χ0v) is 8.72. The zero-order chi connectivity index (χ0) is 10.9. The lowest BCUT2D eigenvalue weighted by atomic mass is 10.0. The highest BCUT2D eigenvalue weighted by atomic mass is 15.3. The molecule has 0 aromatic rings. The van der Waals surface area contributed by atoms with E-state index in [0.29, 0.717) is 6.42 Å². The van der Waals surface area contributed by atoms with Crippen LogP contribution in [0.1, 0.15) is 46.0 Å². The Morgan fingerprint density at radius 2 is 1.64 bits per heavy atom. The van der Waals surface area contributed by atoms with E-state index in [2.05, 4.69) is 27.0 Å². The van der Waals surface area contributed by atoms with Gasteiger partial charge in [-0.2, -0.15) is 0 Å². The summed E-state index contributed by atoms with van der Waals surface area (Å²) in [5.41, 5.74) is 15.7. The molecule has 0 fully saturated rings. The van der Waals surface area contributed by atoms with Crippen molar-refractivity contribution in [3.05, 3.63) is 20.9 Å². The van der Waals surface area contributed by atoms with Gasteiger partial charge in [-0.25, -0.2) is 0 Å². The quantitative estimate of drug-likeness (QED) is 0.251. The fraction of sp³-hybridized carbons (Fsp3) is 1.00. The number of unbranched alkanes of at least 4 members (excludes halogenated alkanes) is 3. The molecule has 0 bridgehead atoms. The fourth-order valence-corrected chi connectivity index (χ4v) is 1.20. The van der Waals surface area contributed by atoms with Gasteiger partial charge in [0.2, 0.25) is 0 Å². The normalized spacial score (nSPS) is 13.6. The zero-order valence-electron chi connectivity index (χ0n) is 8.72. The van der Waals surface area contributed by atoms with Crippen LogP contribution in [0.3, 0.4) is 0 Å². The summed E-state index contributed by atoms with van der Waals surface area (Å²) in [4.78, 5) is 5.37. The van der Waals surface area contributed by atoms with Crippen LogP contribution in [-0.4, -0.2) is 5.66 Å². The van der Waals surface area contributed by atoms with Crippen molar-refractivity contribution < 1.29 is 0 Å². The van der Waals surface area contributed by atoms with Crippen LogP contribution in [0.4, 0.5) is 0 Å². The van der Waals surface area contributed by atoms with Crippen molar-refractivity contribution in [3.63, 3.8) is 0 Å². The molecule has 0 saturated carbocycles. The standard InChI is InChI=1S/C8H16N6/c1-3-4-5-6-7-8(2,11-13-9)12-14-10/h3-7H2,1-2H3. The molecule has 14 heavy (non-hydrogen) atoms. The van der Waals surface area contributed by atoms with Crippen LogP contribution in [0.5, 0.6) is 0 Å². The topological polar surface area (TPSA) is 97.5 Å². The van der Waals surface area contributed by atoms with Gasteiger partial charge in [0.15, 0.2) is 0 Å². The molecule has 0 aliphatic rings. The van der Waals surface area contributed by atoms with Crippen LogP contribution in [0.2, 0.25) is 0 Å². The first-order valence-electron chi connectivity index (χ1n) is 4.81. The number of rotatable bonds is 7. The highest BCUT2D eigenvalue weighted by molar-refractivity contribution is 4.80. The Labute approximate surface area is 83.6 Å². The summed E-state index contributed by atoms with van der Waals surface area (Å²) < 4.78 is 0. The van der Waals surface area contributed by atoms with Crippen LogP contribution in [0, 0.1) is 0 Å². The smallest absolute Gasteiger partial charge is 0.0815 e. The summed E-state index contributed by atoms with van der Waals surface area (Å²) in [5.74, 6) is 0. The van der Waals surface area contributed by atoms with Gasteiger partial charge < -0.3 is 0 Å². The van der Waals surface area contributed by atoms with Crippen molar-refractivity contribution >= 4 is 0 Å². The molecule has 0 amide bonds. The minimum atomic E-state index is -0.933. The maximum absolute atomic E-state index is 8.31. The van der Waals surface area contributed by atoms with Gasteiger partial charge in [0, 0.05) is 9.82 Å². The van der Waals surface area contributed by atoms with Crippen molar-refractivity contribution in [3.8, 4) is 0 Å². The lowest BCUT2D eigenvalue weighted by Gasteiger charge is -2.16. The molecule has 6 nitrogen and oxygen atoms in total. The van der Waals surface area contributed by atoms with Crippen molar-refractivity contribution in [2.45, 2.75) is 51.6 Å². The monoisotopic (exact) mass is 196 g/mol. The highest BCUT2D eigenvalue weighted by Gasteiger charge is 2.19. The second-order valence-electron chi connectivity index (χ2n) is 3.41. The molecule has 78 valence electrons. The molecule has 0 aliphatic heterocycles. The molecule has 0 aliphatic carbocycles. The summed E-state index contributed by atoms with van der Waals surface area (Å²) in [6.45, 7) is 3.78. The lowest BCUT2D eigenvalue weighted by Crippen LogP contribution is -2.16. The van der Waals surface area contributed by atoms with E-state index in [4.69, 9.17) is 11.1 Å². The molecule has 0 rings (SSSR count). The van der Waals surface area contributed by atoms with E-state index in [1.165, 1.54) is 0 Å². The van der Waals surface area contributed by atoms with Crippen LogP contribution in [-0.2, 0) is 0 Å². The van der Waals surface area contributed by atoms with Crippen LogP contribution >= 0.6 is 0 Å². The number of hydrogen-bond acceptors (Lipinski definition) is 2. The van der Waals surface area contributed by atoms with Gasteiger partial charge in [-0.3, -0.25) is 0 Å². The third kappa shape index (κ3) is 5.30. The lowest BCUT2D eigenvalue weighted by molar-refractivity contribution is 0.420. The molecule has 0 atom stereocenters. The summed E-state index contributed by atoms with van der Waals surface area (Å²) in [6, 6.07) is 0. The summed E-state index contributed by atoms with van der Waals surface area (Å²) in [6.07, 6.45) is 4.92. The molecule has 0 radical (unpaired) electrons. The molecule has 0 unspecified atom stereocenters. The minimum absolute atomic E-state index is 0.612. The summed E-state index contributed by atoms with van der Waals surface area (Å²) >= 11 is 0. The SMILES string of the molecule is CCCCCCC(C)(N=[N+]=[N-])N=[N+]=[N-]. The molecular weight excluding hydrogens is 180 g/mol. The second-order valence-corrected chi connectivity index (χ2v) is 3.41. The Hall–Kier alpha value is -1.38. The van der Waals surface area contributed by atoms with E-state index >= 15 is 0 Å². The maximum atomic E-state index is 8.31. The van der Waals surface area contributed by atoms with E-state index < -0.39 is 5.66 Å². The predicted octanol–water partition coefficient (Wildman–Crippen LogP) is 4.29. The molecule has 0 saturated heterocycles. The summed E-state index contributed by atoms with van der Waals surface area (Å²) in [5, 5.41) is 7.01. The van der Waals surface area contributed by atoms with Gasteiger partial charge in [-0.15, -0.1) is 0 Å². The van der Waals surface area contributed by atoms with E-state index in [9.17, 15) is 0 Å². The first-order chi connectivity index (χ1) is 6.68. The molecular formula is C8H16N6. The van der Waals surface area contributed by atoms with Gasteiger partial charge in [-0.05, 0) is 24.4 Å². The highest BCUT2D eigenvalue weighted by Crippen LogP contribution is 2.21. The third-order valence-electron chi connectivity index (χ3n) is 2.02. The second kappa shape index (κ2) is 7.06. The largest absolute Gasteiger partial charge is 0.124 e. The maximum Gasteiger partial charge on any atom is 0.124 e. The van der Waals surface area contributed by atoms with Gasteiger partial charge in [0.1, 0.15) is 5.66 Å². The van der Waals surface area contributed by atoms with E-state index in [1.807, 2.05) is 0 Å². The van der Waals surface area contributed by atoms with Gasteiger partial charge >= 0.3 is 0 Å². The van der Waals surface area contributed by atoms with E-state index in [1.54, 1.807) is 6.92 Å². The molecule has 0 heterocycles. The number of nitrogens with zero attached hydrogens (tertiary/aromatic N) is 6. The number of azide groups is 1. The van der Waals surface area contributed by atoms with E-state index in [0.717, 1.165) is 25.7 Å². The van der Waals surface area contributed by atoms with Gasteiger partial charge in [-0.1, -0.05) is 42.8 Å². The van der Waals surface area contributed by atoms with Crippen LogP contribution in [0.15, 0.2) is 10.2 Å². The van der Waals surface area contributed by atoms with Gasteiger partial charge in [0.05, 0.1) is 0 Å². The molecule has 6 heteroatoms. The average molecular weight is 196 g/mol. The Balaban J connectivity index is 4.10.